The summed E-state index contributed by atoms with van der Waals surface area (Å²) in [6.45, 7) is 6.46. The molecular formula is C12H20OS. The molecule has 0 aliphatic heterocycles. The van der Waals surface area contributed by atoms with Crippen LogP contribution in [0.15, 0.2) is 16.8 Å². The van der Waals surface area contributed by atoms with Crippen LogP contribution in [0.25, 0.3) is 0 Å². The van der Waals surface area contributed by atoms with Gasteiger partial charge in [-0.15, -0.1) is 0 Å². The van der Waals surface area contributed by atoms with E-state index in [0.29, 0.717) is 11.8 Å². The highest BCUT2D eigenvalue weighted by Crippen LogP contribution is 2.19. The summed E-state index contributed by atoms with van der Waals surface area (Å²) in [4.78, 5) is 0. The van der Waals surface area contributed by atoms with Gasteiger partial charge in [0.1, 0.15) is 0 Å². The third-order valence-corrected chi connectivity index (χ3v) is 3.70. The zero-order valence-corrected chi connectivity index (χ0v) is 10.1. The number of aryl methyl sites for hydroxylation is 1. The van der Waals surface area contributed by atoms with Crippen LogP contribution in [-0.4, -0.2) is 11.2 Å². The molecule has 0 radical (unpaired) electrons. The summed E-state index contributed by atoms with van der Waals surface area (Å²) in [5, 5.41) is 14.1. The highest BCUT2D eigenvalue weighted by molar-refractivity contribution is 7.07. The van der Waals surface area contributed by atoms with Crippen LogP contribution in [0.1, 0.15) is 32.8 Å². The van der Waals surface area contributed by atoms with Crippen LogP contribution in [0.2, 0.25) is 0 Å². The second kappa shape index (κ2) is 5.52. The lowest BCUT2D eigenvalue weighted by Gasteiger charge is -2.21. The van der Waals surface area contributed by atoms with Crippen molar-refractivity contribution in [2.24, 2.45) is 11.8 Å². The van der Waals surface area contributed by atoms with E-state index < -0.39 is 0 Å². The molecule has 0 aliphatic rings. The van der Waals surface area contributed by atoms with Crippen molar-refractivity contribution in [2.45, 2.75) is 39.7 Å². The fourth-order valence-corrected chi connectivity index (χ4v) is 2.16. The van der Waals surface area contributed by atoms with Crippen LogP contribution in [0.5, 0.6) is 0 Å². The first-order chi connectivity index (χ1) is 6.61. The Morgan fingerprint density at radius 2 is 2.07 bits per heavy atom. The van der Waals surface area contributed by atoms with Gasteiger partial charge in [0, 0.05) is 0 Å². The molecule has 0 saturated carbocycles. The predicted octanol–water partition coefficient (Wildman–Crippen LogP) is 3.33. The van der Waals surface area contributed by atoms with Gasteiger partial charge in [-0.3, -0.25) is 0 Å². The van der Waals surface area contributed by atoms with Crippen molar-refractivity contribution in [2.75, 3.05) is 0 Å². The van der Waals surface area contributed by atoms with Gasteiger partial charge in [0.25, 0.3) is 0 Å². The monoisotopic (exact) mass is 212 g/mol. The molecule has 0 aliphatic carbocycles. The summed E-state index contributed by atoms with van der Waals surface area (Å²) in [5.41, 5.74) is 1.35. The molecule has 1 aromatic heterocycles. The van der Waals surface area contributed by atoms with E-state index in [-0.39, 0.29) is 6.10 Å². The molecule has 2 atom stereocenters. The first kappa shape index (κ1) is 11.7. The topological polar surface area (TPSA) is 20.2 Å². The smallest absolute Gasteiger partial charge is 0.0571 e. The Labute approximate surface area is 90.8 Å². The van der Waals surface area contributed by atoms with Gasteiger partial charge in [0.2, 0.25) is 0 Å². The molecule has 1 rings (SSSR count). The number of hydrogen-bond acceptors (Lipinski definition) is 2. The second-order valence-corrected chi connectivity index (χ2v) is 5.12. The predicted molar refractivity (Wildman–Crippen MR) is 62.6 cm³/mol. The molecule has 0 spiro atoms. The lowest BCUT2D eigenvalue weighted by Crippen LogP contribution is -2.22. The number of hydrogen-bond donors (Lipinski definition) is 1. The first-order valence-electron chi connectivity index (χ1n) is 5.30. The van der Waals surface area contributed by atoms with Crippen LogP contribution in [-0.2, 0) is 6.42 Å². The molecule has 1 heterocycles. The molecule has 0 bridgehead atoms. The van der Waals surface area contributed by atoms with Crippen LogP contribution < -0.4 is 0 Å². The number of thiophene rings is 1. The van der Waals surface area contributed by atoms with Gasteiger partial charge in [-0.05, 0) is 47.1 Å². The molecule has 1 aromatic rings. The van der Waals surface area contributed by atoms with Gasteiger partial charge in [0.15, 0.2) is 0 Å². The lowest BCUT2D eigenvalue weighted by atomic mass is 9.89. The van der Waals surface area contributed by atoms with Crippen LogP contribution in [0.4, 0.5) is 0 Å². The second-order valence-electron chi connectivity index (χ2n) is 4.34. The molecule has 80 valence electrons. The summed E-state index contributed by atoms with van der Waals surface area (Å²) in [7, 11) is 0. The molecule has 0 amide bonds. The number of aliphatic hydroxyl groups is 1. The SMILES string of the molecule is CC(C)C(C)C(O)CCc1ccsc1. The Balaban J connectivity index is 2.31. The van der Waals surface area contributed by atoms with Crippen LogP contribution in [0.3, 0.4) is 0 Å². The van der Waals surface area contributed by atoms with Gasteiger partial charge in [-0.2, -0.15) is 11.3 Å². The highest BCUT2D eigenvalue weighted by Gasteiger charge is 2.17. The highest BCUT2D eigenvalue weighted by atomic mass is 32.1. The van der Waals surface area contributed by atoms with E-state index in [4.69, 9.17) is 0 Å². The van der Waals surface area contributed by atoms with Gasteiger partial charge in [-0.1, -0.05) is 20.8 Å². The van der Waals surface area contributed by atoms with E-state index in [1.54, 1.807) is 11.3 Å². The van der Waals surface area contributed by atoms with Crippen LogP contribution >= 0.6 is 11.3 Å². The summed E-state index contributed by atoms with van der Waals surface area (Å²) in [6, 6.07) is 2.14. The van der Waals surface area contributed by atoms with E-state index in [2.05, 4.69) is 37.6 Å². The van der Waals surface area contributed by atoms with Crippen LogP contribution in [0, 0.1) is 11.8 Å². The summed E-state index contributed by atoms with van der Waals surface area (Å²) >= 11 is 1.72. The third-order valence-electron chi connectivity index (χ3n) is 2.97. The van der Waals surface area contributed by atoms with E-state index in [1.807, 2.05) is 0 Å². The molecule has 1 nitrogen and oxygen atoms in total. The van der Waals surface area contributed by atoms with Crippen molar-refractivity contribution in [3.8, 4) is 0 Å². The van der Waals surface area contributed by atoms with Crippen molar-refractivity contribution in [1.82, 2.24) is 0 Å². The number of aliphatic hydroxyl groups excluding tert-OH is 1. The van der Waals surface area contributed by atoms with Crippen molar-refractivity contribution < 1.29 is 5.11 Å². The fraction of sp³-hybridized carbons (Fsp3) is 0.667. The van der Waals surface area contributed by atoms with Crippen molar-refractivity contribution in [3.63, 3.8) is 0 Å². The normalized spacial score (nSPS) is 15.8. The molecule has 0 fully saturated rings. The number of rotatable bonds is 5. The average Bonchev–Trinajstić information content (AvgIpc) is 2.65. The quantitative estimate of drug-likeness (QED) is 0.793. The fourth-order valence-electron chi connectivity index (χ4n) is 1.46. The van der Waals surface area contributed by atoms with Crippen molar-refractivity contribution >= 4 is 11.3 Å². The first-order valence-corrected chi connectivity index (χ1v) is 6.24. The van der Waals surface area contributed by atoms with Crippen molar-refractivity contribution in [1.29, 1.82) is 0 Å². The van der Waals surface area contributed by atoms with Gasteiger partial charge < -0.3 is 5.11 Å². The molecular weight excluding hydrogens is 192 g/mol. The summed E-state index contributed by atoms with van der Waals surface area (Å²) in [6.07, 6.45) is 1.73. The molecule has 1 N–H and O–H groups in total. The molecule has 0 saturated heterocycles. The minimum atomic E-state index is -0.158. The zero-order valence-electron chi connectivity index (χ0n) is 9.23. The molecule has 0 aromatic carbocycles. The molecule has 2 heteroatoms. The van der Waals surface area contributed by atoms with E-state index in [9.17, 15) is 5.11 Å². The Kier molecular flexibility index (Phi) is 4.63. The maximum atomic E-state index is 9.89. The summed E-state index contributed by atoms with van der Waals surface area (Å²) < 4.78 is 0. The Bertz CT molecular complexity index is 241. The third kappa shape index (κ3) is 3.43. The van der Waals surface area contributed by atoms with E-state index >= 15 is 0 Å². The van der Waals surface area contributed by atoms with Gasteiger partial charge in [0.05, 0.1) is 6.10 Å². The lowest BCUT2D eigenvalue weighted by molar-refractivity contribution is 0.0842. The minimum Gasteiger partial charge on any atom is -0.393 e. The molecule has 2 unspecified atom stereocenters. The minimum absolute atomic E-state index is 0.158. The van der Waals surface area contributed by atoms with Crippen molar-refractivity contribution in [3.05, 3.63) is 22.4 Å². The Morgan fingerprint density at radius 3 is 2.57 bits per heavy atom. The zero-order chi connectivity index (χ0) is 10.6. The Hall–Kier alpha value is -0.340. The van der Waals surface area contributed by atoms with E-state index in [0.717, 1.165) is 12.8 Å². The van der Waals surface area contributed by atoms with Gasteiger partial charge in [-0.25, -0.2) is 0 Å². The maximum Gasteiger partial charge on any atom is 0.0571 e. The Morgan fingerprint density at radius 1 is 1.36 bits per heavy atom. The average molecular weight is 212 g/mol. The standard InChI is InChI=1S/C12H20OS/c1-9(2)10(3)12(13)5-4-11-6-7-14-8-11/h6-10,12-13H,4-5H2,1-3H3. The summed E-state index contributed by atoms with van der Waals surface area (Å²) in [5.74, 6) is 0.959. The molecule has 14 heavy (non-hydrogen) atoms. The van der Waals surface area contributed by atoms with Gasteiger partial charge >= 0.3 is 0 Å². The largest absolute Gasteiger partial charge is 0.393 e. The maximum absolute atomic E-state index is 9.89. The van der Waals surface area contributed by atoms with E-state index in [1.165, 1.54) is 5.56 Å².